The number of aldehydes is 1. The number of amides is 1. The quantitative estimate of drug-likeness (QED) is 0.839. The largest absolute Gasteiger partial charge is 0.349 e. The molecule has 1 amide bonds. The van der Waals surface area contributed by atoms with Crippen LogP contribution < -0.4 is 5.32 Å². The van der Waals surface area contributed by atoms with E-state index in [4.69, 9.17) is 11.6 Å². The van der Waals surface area contributed by atoms with Gasteiger partial charge in [0.15, 0.2) is 0 Å². The van der Waals surface area contributed by atoms with E-state index < -0.39 is 0 Å². The van der Waals surface area contributed by atoms with Crippen molar-refractivity contribution in [3.05, 3.63) is 34.9 Å². The summed E-state index contributed by atoms with van der Waals surface area (Å²) >= 11 is 5.94. The van der Waals surface area contributed by atoms with Crippen LogP contribution in [-0.4, -0.2) is 18.2 Å². The van der Waals surface area contributed by atoms with Crippen LogP contribution in [0.5, 0.6) is 0 Å². The lowest BCUT2D eigenvalue weighted by Crippen LogP contribution is -2.33. The molecular weight excluding hydrogens is 238 g/mol. The molecule has 0 aromatic heterocycles. The van der Waals surface area contributed by atoms with Crippen LogP contribution >= 0.6 is 11.6 Å². The van der Waals surface area contributed by atoms with Crippen LogP contribution in [0.25, 0.3) is 0 Å². The molecule has 0 spiro atoms. The van der Waals surface area contributed by atoms with E-state index in [1.54, 1.807) is 24.3 Å². The van der Waals surface area contributed by atoms with Gasteiger partial charge in [-0.1, -0.05) is 23.7 Å². The Hall–Kier alpha value is -1.35. The number of carbonyl (C=O) groups is 2. The lowest BCUT2D eigenvalue weighted by molar-refractivity contribution is -0.110. The smallest absolute Gasteiger partial charge is 0.253 e. The molecule has 3 nitrogen and oxygen atoms in total. The van der Waals surface area contributed by atoms with Crippen molar-refractivity contribution in [2.75, 3.05) is 0 Å². The Morgan fingerprint density at radius 1 is 1.35 bits per heavy atom. The summed E-state index contributed by atoms with van der Waals surface area (Å²) in [6.07, 6.45) is 3.43. The number of nitrogens with one attached hydrogen (secondary N) is 1. The Balaban J connectivity index is 1.98. The average molecular weight is 252 g/mol. The first-order valence-corrected chi connectivity index (χ1v) is 6.09. The van der Waals surface area contributed by atoms with Gasteiger partial charge in [0.1, 0.15) is 6.29 Å². The van der Waals surface area contributed by atoms with Gasteiger partial charge in [-0.3, -0.25) is 4.79 Å². The standard InChI is InChI=1S/C13H14ClNO2/c14-12-4-2-1-3-11(12)13(17)15-10-6-5-9(7-10)8-16/h1-4,8-10H,5-7H2,(H,15,17). The summed E-state index contributed by atoms with van der Waals surface area (Å²) in [5, 5.41) is 3.37. The molecule has 0 heterocycles. The van der Waals surface area contributed by atoms with Gasteiger partial charge in [-0.2, -0.15) is 0 Å². The van der Waals surface area contributed by atoms with Crippen LogP contribution in [0.15, 0.2) is 24.3 Å². The topological polar surface area (TPSA) is 46.2 Å². The van der Waals surface area contributed by atoms with Crippen LogP contribution in [-0.2, 0) is 4.79 Å². The second-order valence-electron chi connectivity index (χ2n) is 4.36. The molecule has 2 rings (SSSR count). The molecule has 0 radical (unpaired) electrons. The maximum Gasteiger partial charge on any atom is 0.253 e. The van der Waals surface area contributed by atoms with Gasteiger partial charge in [-0.05, 0) is 31.4 Å². The highest BCUT2D eigenvalue weighted by Crippen LogP contribution is 2.24. The first kappa shape index (κ1) is 12.1. The maximum atomic E-state index is 11.9. The predicted molar refractivity (Wildman–Crippen MR) is 66.1 cm³/mol. The number of hydrogen-bond donors (Lipinski definition) is 1. The van der Waals surface area contributed by atoms with E-state index in [9.17, 15) is 9.59 Å². The van der Waals surface area contributed by atoms with Crippen LogP contribution in [0.2, 0.25) is 5.02 Å². The summed E-state index contributed by atoms with van der Waals surface area (Å²) in [6, 6.07) is 7.05. The minimum atomic E-state index is -0.160. The maximum absolute atomic E-state index is 11.9. The number of hydrogen-bond acceptors (Lipinski definition) is 2. The fraction of sp³-hybridized carbons (Fsp3) is 0.385. The van der Waals surface area contributed by atoms with Crippen molar-refractivity contribution in [3.63, 3.8) is 0 Å². The molecule has 1 saturated carbocycles. The lowest BCUT2D eigenvalue weighted by Gasteiger charge is -2.12. The summed E-state index contributed by atoms with van der Waals surface area (Å²) in [7, 11) is 0. The van der Waals surface area contributed by atoms with Gasteiger partial charge < -0.3 is 10.1 Å². The normalized spacial score (nSPS) is 23.4. The minimum Gasteiger partial charge on any atom is -0.349 e. The molecule has 1 aliphatic carbocycles. The fourth-order valence-electron chi connectivity index (χ4n) is 2.18. The molecule has 1 N–H and O–H groups in total. The van der Waals surface area contributed by atoms with Crippen molar-refractivity contribution in [1.82, 2.24) is 5.32 Å². The van der Waals surface area contributed by atoms with Crippen molar-refractivity contribution >= 4 is 23.8 Å². The molecule has 1 aromatic carbocycles. The Labute approximate surface area is 105 Å². The zero-order valence-electron chi connectivity index (χ0n) is 9.36. The predicted octanol–water partition coefficient (Wildman–Crippen LogP) is 2.44. The van der Waals surface area contributed by atoms with Gasteiger partial charge in [-0.15, -0.1) is 0 Å². The Morgan fingerprint density at radius 3 is 2.76 bits per heavy atom. The molecule has 1 fully saturated rings. The number of rotatable bonds is 3. The summed E-state index contributed by atoms with van der Waals surface area (Å²) in [4.78, 5) is 22.6. The Bertz CT molecular complexity index is 433. The van der Waals surface area contributed by atoms with Crippen LogP contribution in [0.4, 0.5) is 0 Å². The molecule has 1 aliphatic rings. The third-order valence-corrected chi connectivity index (χ3v) is 3.45. The third kappa shape index (κ3) is 2.86. The molecule has 0 saturated heterocycles. The molecule has 0 bridgehead atoms. The molecule has 90 valence electrons. The van der Waals surface area contributed by atoms with Crippen LogP contribution in [0.1, 0.15) is 29.6 Å². The van der Waals surface area contributed by atoms with E-state index >= 15 is 0 Å². The Morgan fingerprint density at radius 2 is 2.12 bits per heavy atom. The number of benzene rings is 1. The molecular formula is C13H14ClNO2. The summed E-state index contributed by atoms with van der Waals surface area (Å²) in [6.45, 7) is 0. The highest BCUT2D eigenvalue weighted by molar-refractivity contribution is 6.33. The Kier molecular flexibility index (Phi) is 3.79. The minimum absolute atomic E-state index is 0.0894. The van der Waals surface area contributed by atoms with E-state index in [-0.39, 0.29) is 17.9 Å². The first-order valence-electron chi connectivity index (χ1n) is 5.71. The molecule has 1 aromatic rings. The number of carbonyl (C=O) groups excluding carboxylic acids is 2. The van der Waals surface area contributed by atoms with Crippen molar-refractivity contribution in [2.24, 2.45) is 5.92 Å². The summed E-state index contributed by atoms with van der Waals surface area (Å²) in [5.41, 5.74) is 0.490. The molecule has 2 unspecified atom stereocenters. The van der Waals surface area contributed by atoms with E-state index in [1.807, 2.05) is 0 Å². The molecule has 4 heteroatoms. The molecule has 2 atom stereocenters. The monoisotopic (exact) mass is 251 g/mol. The van der Waals surface area contributed by atoms with Gasteiger partial charge in [0.05, 0.1) is 10.6 Å². The van der Waals surface area contributed by atoms with E-state index in [1.165, 1.54) is 0 Å². The van der Waals surface area contributed by atoms with Gasteiger partial charge in [0.2, 0.25) is 0 Å². The molecule has 17 heavy (non-hydrogen) atoms. The lowest BCUT2D eigenvalue weighted by atomic mass is 10.1. The second kappa shape index (κ2) is 5.32. The SMILES string of the molecule is O=CC1CCC(NC(=O)c2ccccc2Cl)C1. The van der Waals surface area contributed by atoms with Crippen molar-refractivity contribution < 1.29 is 9.59 Å². The van der Waals surface area contributed by atoms with Gasteiger partial charge in [0.25, 0.3) is 5.91 Å². The van der Waals surface area contributed by atoms with E-state index in [2.05, 4.69) is 5.32 Å². The van der Waals surface area contributed by atoms with Gasteiger partial charge >= 0.3 is 0 Å². The summed E-state index contributed by atoms with van der Waals surface area (Å²) < 4.78 is 0. The third-order valence-electron chi connectivity index (χ3n) is 3.12. The van der Waals surface area contributed by atoms with Crippen LogP contribution in [0, 0.1) is 5.92 Å². The van der Waals surface area contributed by atoms with E-state index in [0.29, 0.717) is 10.6 Å². The zero-order valence-corrected chi connectivity index (χ0v) is 10.1. The van der Waals surface area contributed by atoms with Crippen molar-refractivity contribution in [3.8, 4) is 0 Å². The van der Waals surface area contributed by atoms with E-state index in [0.717, 1.165) is 25.5 Å². The van der Waals surface area contributed by atoms with Crippen molar-refractivity contribution in [2.45, 2.75) is 25.3 Å². The highest BCUT2D eigenvalue weighted by Gasteiger charge is 2.26. The van der Waals surface area contributed by atoms with Gasteiger partial charge in [0, 0.05) is 12.0 Å². The van der Waals surface area contributed by atoms with Crippen molar-refractivity contribution in [1.29, 1.82) is 0 Å². The molecule has 0 aliphatic heterocycles. The zero-order chi connectivity index (χ0) is 12.3. The second-order valence-corrected chi connectivity index (χ2v) is 4.77. The van der Waals surface area contributed by atoms with Crippen LogP contribution in [0.3, 0.4) is 0 Å². The highest BCUT2D eigenvalue weighted by atomic mass is 35.5. The summed E-state index contributed by atoms with van der Waals surface area (Å²) in [5.74, 6) is -0.0707. The number of halogens is 1. The average Bonchev–Trinajstić information content (AvgIpc) is 2.77. The fourth-order valence-corrected chi connectivity index (χ4v) is 2.40. The first-order chi connectivity index (χ1) is 8.20. The van der Waals surface area contributed by atoms with Gasteiger partial charge in [-0.25, -0.2) is 0 Å².